The lowest BCUT2D eigenvalue weighted by Gasteiger charge is -2.37. The topological polar surface area (TPSA) is 14.8 Å². The van der Waals surface area contributed by atoms with Gasteiger partial charge in [0, 0.05) is 32.3 Å². The van der Waals surface area contributed by atoms with Crippen LogP contribution in [-0.4, -0.2) is 21.8 Å². The lowest BCUT2D eigenvalue weighted by molar-refractivity contribution is 1.10. The van der Waals surface area contributed by atoms with E-state index in [0.717, 1.165) is 16.7 Å². The zero-order valence-electron chi connectivity index (χ0n) is 35.0. The molecule has 0 spiro atoms. The van der Waals surface area contributed by atoms with E-state index in [-0.39, 0.29) is 0 Å². The van der Waals surface area contributed by atoms with E-state index in [4.69, 9.17) is 0 Å². The molecule has 0 N–H and O–H groups in total. The van der Waals surface area contributed by atoms with Crippen molar-refractivity contribution in [1.82, 2.24) is 13.7 Å². The molecule has 300 valence electrons. The second kappa shape index (κ2) is 14.5. The van der Waals surface area contributed by atoms with Crippen molar-refractivity contribution in [2.75, 3.05) is 0 Å². The van der Waals surface area contributed by atoms with Crippen LogP contribution in [0.25, 0.3) is 82.5 Å². The summed E-state index contributed by atoms with van der Waals surface area (Å²) in [5.74, 6) is 0. The Bertz CT molecular complexity index is 3690. The van der Waals surface area contributed by atoms with Gasteiger partial charge in [-0.25, -0.2) is 0 Å². The van der Waals surface area contributed by atoms with Crippen molar-refractivity contribution in [1.29, 1.82) is 0 Å². The van der Waals surface area contributed by atoms with Gasteiger partial charge in [0.15, 0.2) is 8.07 Å². The SMILES string of the molecule is c1ccc([Si](c2ccccc2)(c2ccccc2)c2cccc(-n3c4ccccc4c4ccccc43)c2-n2c3ccccc3c3c(-n4c5ccccc5c5ccccc54)cccc32)cc1. The summed E-state index contributed by atoms with van der Waals surface area (Å²) < 4.78 is 7.63. The minimum atomic E-state index is -3.13. The number of hydrogen-bond acceptors (Lipinski definition) is 0. The van der Waals surface area contributed by atoms with E-state index in [1.54, 1.807) is 0 Å². The van der Waals surface area contributed by atoms with Gasteiger partial charge in [0.2, 0.25) is 0 Å². The molecule has 0 saturated heterocycles. The van der Waals surface area contributed by atoms with Crippen LogP contribution in [0.3, 0.4) is 0 Å². The van der Waals surface area contributed by atoms with Crippen LogP contribution >= 0.6 is 0 Å². The van der Waals surface area contributed by atoms with Gasteiger partial charge in [0.25, 0.3) is 0 Å². The first-order valence-corrected chi connectivity index (χ1v) is 24.1. The maximum absolute atomic E-state index is 3.13. The highest BCUT2D eigenvalue weighted by Gasteiger charge is 2.44. The largest absolute Gasteiger partial charge is 0.309 e. The molecule has 4 heteroatoms. The summed E-state index contributed by atoms with van der Waals surface area (Å²) >= 11 is 0. The summed E-state index contributed by atoms with van der Waals surface area (Å²) in [6.45, 7) is 0. The maximum atomic E-state index is 2.62. The van der Waals surface area contributed by atoms with Gasteiger partial charge in [-0.3, -0.25) is 0 Å². The number of hydrogen-bond donors (Lipinski definition) is 0. The Kier molecular flexibility index (Phi) is 8.23. The van der Waals surface area contributed by atoms with Gasteiger partial charge < -0.3 is 13.7 Å². The molecule has 0 atom stereocenters. The Morgan fingerprint density at radius 3 is 1.02 bits per heavy atom. The number of benzene rings is 10. The molecule has 3 heterocycles. The fraction of sp³-hybridized carbons (Fsp3) is 0. The normalized spacial score (nSPS) is 12.1. The van der Waals surface area contributed by atoms with Crippen LogP contribution in [0.1, 0.15) is 0 Å². The van der Waals surface area contributed by atoms with Gasteiger partial charge in [-0.1, -0.05) is 200 Å². The Morgan fingerprint density at radius 1 is 0.234 bits per heavy atom. The lowest BCUT2D eigenvalue weighted by atomic mass is 10.1. The fourth-order valence-electron chi connectivity index (χ4n) is 11.1. The van der Waals surface area contributed by atoms with Gasteiger partial charge in [-0.2, -0.15) is 0 Å². The molecule has 0 radical (unpaired) electrons. The monoisotopic (exact) mass is 831 g/mol. The first kappa shape index (κ1) is 36.5. The molecule has 0 amide bonds. The summed E-state index contributed by atoms with van der Waals surface area (Å²) in [6, 6.07) is 92.6. The molecule has 13 aromatic rings. The standard InChI is InChI=1S/C60H41N3Si/c1-4-22-42(23-5-1)64(43-24-6-2-7-25-43,44-26-8-3-9-27-44)58-41-21-40-57(62-52-35-17-12-30-47(52)48-31-13-18-36-53(48)62)60(58)63-54-37-19-14-32-49(54)59-55(38-20-39-56(59)63)61-50-33-15-10-28-45(50)46-29-11-16-34-51(46)61/h1-41H. The molecule has 3 aromatic heterocycles. The van der Waals surface area contributed by atoms with Crippen LogP contribution in [0, 0.1) is 0 Å². The van der Waals surface area contributed by atoms with E-state index in [9.17, 15) is 0 Å². The minimum Gasteiger partial charge on any atom is -0.309 e. The first-order valence-electron chi connectivity index (χ1n) is 22.1. The summed E-state index contributed by atoms with van der Waals surface area (Å²) in [7, 11) is -3.13. The van der Waals surface area contributed by atoms with E-state index >= 15 is 0 Å². The van der Waals surface area contributed by atoms with Crippen molar-refractivity contribution in [2.45, 2.75) is 0 Å². The molecule has 0 saturated carbocycles. The van der Waals surface area contributed by atoms with Crippen molar-refractivity contribution < 1.29 is 0 Å². The second-order valence-corrected chi connectivity index (χ2v) is 20.6. The number of nitrogens with zero attached hydrogens (tertiary/aromatic N) is 3. The van der Waals surface area contributed by atoms with Crippen LogP contribution in [0.2, 0.25) is 0 Å². The molecule has 13 rings (SSSR count). The van der Waals surface area contributed by atoms with Crippen molar-refractivity contribution in [3.8, 4) is 17.1 Å². The third-order valence-electron chi connectivity index (χ3n) is 13.6. The molecular weight excluding hydrogens is 791 g/mol. The number of para-hydroxylation sites is 6. The highest BCUT2D eigenvalue weighted by Crippen LogP contribution is 2.42. The van der Waals surface area contributed by atoms with Gasteiger partial charge >= 0.3 is 0 Å². The zero-order valence-corrected chi connectivity index (χ0v) is 36.0. The predicted molar refractivity (Wildman–Crippen MR) is 273 cm³/mol. The number of aromatic nitrogens is 3. The van der Waals surface area contributed by atoms with Crippen LogP contribution in [-0.2, 0) is 0 Å². The minimum absolute atomic E-state index is 1.14. The smallest absolute Gasteiger partial charge is 0.181 e. The zero-order chi connectivity index (χ0) is 42.2. The van der Waals surface area contributed by atoms with Gasteiger partial charge in [0.05, 0.1) is 50.2 Å². The van der Waals surface area contributed by atoms with E-state index in [0.29, 0.717) is 0 Å². The van der Waals surface area contributed by atoms with E-state index in [2.05, 4.69) is 262 Å². The third kappa shape index (κ3) is 5.15. The number of rotatable bonds is 7. The molecular formula is C60H41N3Si. The van der Waals surface area contributed by atoms with Crippen molar-refractivity contribution in [2.24, 2.45) is 0 Å². The molecule has 0 aliphatic heterocycles. The Labute approximate surface area is 372 Å². The summed E-state index contributed by atoms with van der Waals surface area (Å²) in [6.07, 6.45) is 0. The van der Waals surface area contributed by atoms with Crippen LogP contribution in [0.15, 0.2) is 249 Å². The fourth-order valence-corrected chi connectivity index (χ4v) is 16.0. The second-order valence-electron chi connectivity index (χ2n) is 16.8. The Morgan fingerprint density at radius 2 is 0.562 bits per heavy atom. The molecule has 0 aliphatic rings. The third-order valence-corrected chi connectivity index (χ3v) is 18.4. The maximum Gasteiger partial charge on any atom is 0.181 e. The first-order chi connectivity index (χ1) is 31.8. The molecule has 0 fully saturated rings. The van der Waals surface area contributed by atoms with Crippen LogP contribution in [0.5, 0.6) is 0 Å². The van der Waals surface area contributed by atoms with Crippen molar-refractivity contribution in [3.63, 3.8) is 0 Å². The highest BCUT2D eigenvalue weighted by atomic mass is 28.3. The highest BCUT2D eigenvalue weighted by molar-refractivity contribution is 7.20. The molecule has 10 aromatic carbocycles. The quantitative estimate of drug-likeness (QED) is 0.112. The van der Waals surface area contributed by atoms with Crippen molar-refractivity contribution >= 4 is 94.2 Å². The summed E-state index contributed by atoms with van der Waals surface area (Å²) in [4.78, 5) is 0. The average molecular weight is 832 g/mol. The van der Waals surface area contributed by atoms with Crippen LogP contribution < -0.4 is 20.7 Å². The predicted octanol–water partition coefficient (Wildman–Crippen LogP) is 12.4. The Balaban J connectivity index is 1.26. The lowest BCUT2D eigenvalue weighted by Crippen LogP contribution is -2.75. The number of fused-ring (bicyclic) bond motifs is 9. The van der Waals surface area contributed by atoms with Gasteiger partial charge in [-0.15, -0.1) is 0 Å². The van der Waals surface area contributed by atoms with Crippen LogP contribution in [0.4, 0.5) is 0 Å². The summed E-state index contributed by atoms with van der Waals surface area (Å²) in [5, 5.41) is 12.7. The van der Waals surface area contributed by atoms with Gasteiger partial charge in [-0.05, 0) is 69.3 Å². The van der Waals surface area contributed by atoms with E-state index < -0.39 is 8.07 Å². The molecule has 3 nitrogen and oxygen atoms in total. The molecule has 0 bridgehead atoms. The van der Waals surface area contributed by atoms with Gasteiger partial charge in [0.1, 0.15) is 0 Å². The average Bonchev–Trinajstić information content (AvgIpc) is 4.01. The summed E-state index contributed by atoms with van der Waals surface area (Å²) in [5.41, 5.74) is 10.6. The van der Waals surface area contributed by atoms with Crippen molar-refractivity contribution in [3.05, 3.63) is 249 Å². The van der Waals surface area contributed by atoms with E-state index in [1.807, 2.05) is 0 Å². The molecule has 64 heavy (non-hydrogen) atoms. The van der Waals surface area contributed by atoms with E-state index in [1.165, 1.54) is 86.5 Å². The molecule has 0 aliphatic carbocycles. The molecule has 0 unspecified atom stereocenters. The Hall–Kier alpha value is -8.18.